The van der Waals surface area contributed by atoms with Crippen molar-refractivity contribution in [2.24, 2.45) is 0 Å². The van der Waals surface area contributed by atoms with Crippen LogP contribution in [0.4, 0.5) is 0 Å². The molecule has 0 unspecified atom stereocenters. The maximum absolute atomic E-state index is 9.85. The van der Waals surface area contributed by atoms with Crippen LogP contribution in [0.5, 0.6) is 0 Å². The molecule has 0 bridgehead atoms. The highest BCUT2D eigenvalue weighted by Crippen LogP contribution is 2.32. The number of thioether (sulfide) groups is 1. The van der Waals surface area contributed by atoms with Crippen LogP contribution in [0.15, 0.2) is 35.2 Å². The van der Waals surface area contributed by atoms with Gasteiger partial charge in [-0.1, -0.05) is 30.0 Å². The van der Waals surface area contributed by atoms with Gasteiger partial charge in [0.1, 0.15) is 29.9 Å². The van der Waals surface area contributed by atoms with E-state index in [4.69, 9.17) is 9.84 Å². The minimum atomic E-state index is -1.32. The van der Waals surface area contributed by atoms with Gasteiger partial charge in [-0.05, 0) is 12.1 Å². The van der Waals surface area contributed by atoms with Crippen molar-refractivity contribution >= 4 is 11.8 Å². The summed E-state index contributed by atoms with van der Waals surface area (Å²) in [5, 5.41) is 38.2. The summed E-state index contributed by atoms with van der Waals surface area (Å²) < 4.78 is 5.39. The first kappa shape index (κ1) is 13.8. The Morgan fingerprint density at radius 2 is 1.67 bits per heavy atom. The van der Waals surface area contributed by atoms with Crippen LogP contribution in [0.25, 0.3) is 0 Å². The van der Waals surface area contributed by atoms with E-state index < -0.39 is 36.5 Å². The van der Waals surface area contributed by atoms with E-state index >= 15 is 0 Å². The zero-order chi connectivity index (χ0) is 13.1. The van der Waals surface area contributed by atoms with Crippen LogP contribution in [-0.4, -0.2) is 56.9 Å². The van der Waals surface area contributed by atoms with E-state index in [1.807, 2.05) is 30.3 Å². The molecule has 100 valence electrons. The summed E-state index contributed by atoms with van der Waals surface area (Å²) in [7, 11) is 0. The fraction of sp³-hybridized carbons (Fsp3) is 0.500. The Labute approximate surface area is 109 Å². The molecule has 0 amide bonds. The smallest absolute Gasteiger partial charge is 0.136 e. The van der Waals surface area contributed by atoms with Crippen LogP contribution < -0.4 is 0 Å². The van der Waals surface area contributed by atoms with Gasteiger partial charge in [-0.15, -0.1) is 0 Å². The molecule has 1 aromatic rings. The monoisotopic (exact) mass is 272 g/mol. The summed E-state index contributed by atoms with van der Waals surface area (Å²) in [6, 6.07) is 9.29. The van der Waals surface area contributed by atoms with Gasteiger partial charge in [0.2, 0.25) is 0 Å². The predicted molar refractivity (Wildman–Crippen MR) is 66.1 cm³/mol. The summed E-state index contributed by atoms with van der Waals surface area (Å²) >= 11 is 1.24. The van der Waals surface area contributed by atoms with E-state index in [-0.39, 0.29) is 0 Å². The fourth-order valence-corrected chi connectivity index (χ4v) is 2.88. The summed E-state index contributed by atoms with van der Waals surface area (Å²) in [6.45, 7) is -0.406. The Hall–Kier alpha value is -0.630. The molecule has 1 aliphatic heterocycles. The van der Waals surface area contributed by atoms with Crippen molar-refractivity contribution < 1.29 is 25.2 Å². The molecule has 1 fully saturated rings. The van der Waals surface area contributed by atoms with Crippen molar-refractivity contribution in [1.29, 1.82) is 0 Å². The van der Waals surface area contributed by atoms with Gasteiger partial charge >= 0.3 is 0 Å². The number of aliphatic hydroxyl groups is 4. The first-order valence-electron chi connectivity index (χ1n) is 5.65. The zero-order valence-corrected chi connectivity index (χ0v) is 10.4. The Balaban J connectivity index is 2.08. The molecule has 5 nitrogen and oxygen atoms in total. The lowest BCUT2D eigenvalue weighted by atomic mass is 10.0. The first-order valence-corrected chi connectivity index (χ1v) is 6.53. The van der Waals surface area contributed by atoms with Crippen molar-refractivity contribution in [3.05, 3.63) is 30.3 Å². The molecule has 1 aromatic carbocycles. The second kappa shape index (κ2) is 6.01. The van der Waals surface area contributed by atoms with Crippen molar-refractivity contribution in [3.63, 3.8) is 0 Å². The Bertz CT molecular complexity index is 372. The molecule has 5 atom stereocenters. The normalized spacial score (nSPS) is 36.6. The molecule has 1 saturated heterocycles. The third-order valence-corrected chi connectivity index (χ3v) is 4.01. The molecular weight excluding hydrogens is 256 g/mol. The minimum Gasteiger partial charge on any atom is -0.394 e. The number of benzene rings is 1. The lowest BCUT2D eigenvalue weighted by Gasteiger charge is -2.39. The van der Waals surface area contributed by atoms with Gasteiger partial charge in [0.05, 0.1) is 6.61 Å². The fourth-order valence-electron chi connectivity index (χ4n) is 1.80. The molecule has 1 aliphatic rings. The second-order valence-electron chi connectivity index (χ2n) is 4.13. The van der Waals surface area contributed by atoms with Gasteiger partial charge in [-0.3, -0.25) is 0 Å². The topological polar surface area (TPSA) is 90.2 Å². The molecule has 0 radical (unpaired) electrons. The highest BCUT2D eigenvalue weighted by Gasteiger charge is 2.43. The van der Waals surface area contributed by atoms with Gasteiger partial charge in [-0.25, -0.2) is 0 Å². The van der Waals surface area contributed by atoms with Crippen molar-refractivity contribution in [1.82, 2.24) is 0 Å². The average molecular weight is 272 g/mol. The Morgan fingerprint density at radius 3 is 2.28 bits per heavy atom. The van der Waals surface area contributed by atoms with Crippen molar-refractivity contribution in [2.75, 3.05) is 6.61 Å². The second-order valence-corrected chi connectivity index (χ2v) is 5.30. The molecular formula is C12H16O5S. The zero-order valence-electron chi connectivity index (χ0n) is 9.59. The molecule has 6 heteroatoms. The largest absolute Gasteiger partial charge is 0.394 e. The molecule has 1 heterocycles. The minimum absolute atomic E-state index is 0.406. The quantitative estimate of drug-likeness (QED) is 0.597. The summed E-state index contributed by atoms with van der Waals surface area (Å²) in [5.41, 5.74) is -0.719. The lowest BCUT2D eigenvalue weighted by Crippen LogP contribution is -2.57. The van der Waals surface area contributed by atoms with E-state index in [1.165, 1.54) is 11.8 Å². The van der Waals surface area contributed by atoms with E-state index in [0.717, 1.165) is 4.90 Å². The van der Waals surface area contributed by atoms with Crippen LogP contribution in [0, 0.1) is 0 Å². The van der Waals surface area contributed by atoms with Gasteiger partial charge < -0.3 is 25.2 Å². The number of ether oxygens (including phenoxy) is 1. The van der Waals surface area contributed by atoms with Crippen molar-refractivity contribution in [2.45, 2.75) is 34.7 Å². The lowest BCUT2D eigenvalue weighted by molar-refractivity contribution is -0.205. The van der Waals surface area contributed by atoms with Crippen LogP contribution in [0.2, 0.25) is 0 Å². The van der Waals surface area contributed by atoms with E-state index in [2.05, 4.69) is 0 Å². The number of hydrogen-bond donors (Lipinski definition) is 4. The van der Waals surface area contributed by atoms with Crippen LogP contribution in [-0.2, 0) is 4.74 Å². The first-order chi connectivity index (χ1) is 8.63. The van der Waals surface area contributed by atoms with E-state index in [0.29, 0.717) is 0 Å². The van der Waals surface area contributed by atoms with Gasteiger partial charge in [-0.2, -0.15) is 0 Å². The summed E-state index contributed by atoms with van der Waals surface area (Å²) in [6.07, 6.45) is -4.69. The van der Waals surface area contributed by atoms with Gasteiger partial charge in [0.25, 0.3) is 0 Å². The van der Waals surface area contributed by atoms with E-state index in [9.17, 15) is 15.3 Å². The molecule has 0 aromatic heterocycles. The van der Waals surface area contributed by atoms with Crippen LogP contribution in [0.1, 0.15) is 0 Å². The van der Waals surface area contributed by atoms with Crippen molar-refractivity contribution in [3.8, 4) is 0 Å². The SMILES string of the molecule is OC[C@@H]1O[C@@H](Sc2ccccc2)[C@@H](O)[C@H](O)[C@@H]1O. The van der Waals surface area contributed by atoms with Crippen LogP contribution >= 0.6 is 11.8 Å². The Kier molecular flexibility index (Phi) is 4.60. The predicted octanol–water partition coefficient (Wildman–Crippen LogP) is -0.421. The molecule has 18 heavy (non-hydrogen) atoms. The molecule has 0 saturated carbocycles. The molecule has 2 rings (SSSR count). The standard InChI is InChI=1S/C12H16O5S/c13-6-8-9(14)10(15)11(16)12(17-8)18-7-4-2-1-3-5-7/h1-5,8-16H,6H2/t8-,9+,10+,11-,12-/m0/s1. The summed E-state index contributed by atoms with van der Waals surface area (Å²) in [4.78, 5) is 0.877. The highest BCUT2D eigenvalue weighted by atomic mass is 32.2. The molecule has 4 N–H and O–H groups in total. The Morgan fingerprint density at radius 1 is 1.00 bits per heavy atom. The molecule has 0 spiro atoms. The third kappa shape index (κ3) is 2.85. The van der Waals surface area contributed by atoms with Crippen LogP contribution in [0.3, 0.4) is 0 Å². The maximum Gasteiger partial charge on any atom is 0.136 e. The number of rotatable bonds is 3. The third-order valence-electron chi connectivity index (χ3n) is 2.84. The van der Waals surface area contributed by atoms with E-state index in [1.54, 1.807) is 0 Å². The number of hydrogen-bond acceptors (Lipinski definition) is 6. The molecule has 0 aliphatic carbocycles. The maximum atomic E-state index is 9.85. The highest BCUT2D eigenvalue weighted by molar-refractivity contribution is 7.99. The number of aliphatic hydroxyl groups excluding tert-OH is 4. The van der Waals surface area contributed by atoms with Gasteiger partial charge in [0.15, 0.2) is 0 Å². The average Bonchev–Trinajstić information content (AvgIpc) is 2.40. The summed E-state index contributed by atoms with van der Waals surface area (Å²) in [5.74, 6) is 0. The van der Waals surface area contributed by atoms with Gasteiger partial charge in [0, 0.05) is 4.90 Å².